The molecule has 0 radical (unpaired) electrons. The number of ether oxygens (including phenoxy) is 2. The molecule has 0 unspecified atom stereocenters. The van der Waals surface area contributed by atoms with Crippen LogP contribution in [0.25, 0.3) is 0 Å². The van der Waals surface area contributed by atoms with Crippen LogP contribution in [0.5, 0.6) is 11.5 Å². The maximum absolute atomic E-state index is 6.10. The molecule has 0 spiro atoms. The summed E-state index contributed by atoms with van der Waals surface area (Å²) in [7, 11) is 3.34. The summed E-state index contributed by atoms with van der Waals surface area (Å²) in [5.74, 6) is 1.58. The topological polar surface area (TPSA) is 21.7 Å². The molecule has 2 aromatic rings. The summed E-state index contributed by atoms with van der Waals surface area (Å²) in [6.07, 6.45) is 0.997. The van der Waals surface area contributed by atoms with Crippen LogP contribution < -0.4 is 9.47 Å². The standard InChI is InChI=1S/C18H19Cl2NO2/c1-22-17-8-13-5-6-21(11-14(13)9-18(17)23-2)10-12-3-4-15(19)16(20)7-12/h3-4,7-9H,5-6,10-11H2,1-2H3. The normalized spacial score (nSPS) is 14.4. The molecule has 1 aliphatic rings. The number of halogens is 2. The molecule has 2 aromatic carbocycles. The Labute approximate surface area is 146 Å². The third-order valence-electron chi connectivity index (χ3n) is 4.19. The van der Waals surface area contributed by atoms with Crippen LogP contribution in [0.2, 0.25) is 10.0 Å². The van der Waals surface area contributed by atoms with Gasteiger partial charge in [0.05, 0.1) is 24.3 Å². The van der Waals surface area contributed by atoms with Crippen LogP contribution in [0.15, 0.2) is 30.3 Å². The molecule has 122 valence electrons. The zero-order chi connectivity index (χ0) is 16.4. The fourth-order valence-electron chi connectivity index (χ4n) is 2.97. The average molecular weight is 352 g/mol. The van der Waals surface area contributed by atoms with Crippen molar-refractivity contribution in [2.75, 3.05) is 20.8 Å². The van der Waals surface area contributed by atoms with E-state index >= 15 is 0 Å². The molecular formula is C18H19Cl2NO2. The van der Waals surface area contributed by atoms with Crippen LogP contribution in [0.1, 0.15) is 16.7 Å². The lowest BCUT2D eigenvalue weighted by Gasteiger charge is -2.29. The van der Waals surface area contributed by atoms with Gasteiger partial charge in [-0.25, -0.2) is 0 Å². The highest BCUT2D eigenvalue weighted by molar-refractivity contribution is 6.42. The maximum Gasteiger partial charge on any atom is 0.161 e. The molecule has 0 atom stereocenters. The second-order valence-corrected chi connectivity index (χ2v) is 6.50. The van der Waals surface area contributed by atoms with E-state index in [4.69, 9.17) is 32.7 Å². The van der Waals surface area contributed by atoms with Gasteiger partial charge in [0.2, 0.25) is 0 Å². The molecule has 0 aliphatic carbocycles. The van der Waals surface area contributed by atoms with Crippen LogP contribution >= 0.6 is 23.2 Å². The lowest BCUT2D eigenvalue weighted by Crippen LogP contribution is -2.30. The zero-order valence-electron chi connectivity index (χ0n) is 13.2. The summed E-state index contributed by atoms with van der Waals surface area (Å²) in [5, 5.41) is 1.20. The summed E-state index contributed by atoms with van der Waals surface area (Å²) in [6, 6.07) is 9.98. The van der Waals surface area contributed by atoms with Crippen LogP contribution in [-0.4, -0.2) is 25.7 Å². The third-order valence-corrected chi connectivity index (χ3v) is 4.93. The Kier molecular flexibility index (Phi) is 5.00. The van der Waals surface area contributed by atoms with Gasteiger partial charge >= 0.3 is 0 Å². The molecule has 1 aliphatic heterocycles. The molecule has 0 saturated carbocycles. The Bertz CT molecular complexity index is 718. The summed E-state index contributed by atoms with van der Waals surface area (Å²) < 4.78 is 10.8. The van der Waals surface area contributed by atoms with Gasteiger partial charge in [-0.15, -0.1) is 0 Å². The van der Waals surface area contributed by atoms with Gasteiger partial charge in [0.15, 0.2) is 11.5 Å². The van der Waals surface area contributed by atoms with E-state index in [2.05, 4.69) is 17.0 Å². The Hall–Kier alpha value is -1.42. The zero-order valence-corrected chi connectivity index (χ0v) is 14.7. The van der Waals surface area contributed by atoms with Crippen LogP contribution in [0, 0.1) is 0 Å². The van der Waals surface area contributed by atoms with Crippen molar-refractivity contribution in [2.24, 2.45) is 0 Å². The number of rotatable bonds is 4. The largest absolute Gasteiger partial charge is 0.493 e. The molecule has 1 heterocycles. The van der Waals surface area contributed by atoms with Crippen molar-refractivity contribution in [3.05, 3.63) is 57.1 Å². The van der Waals surface area contributed by atoms with Gasteiger partial charge in [-0.1, -0.05) is 29.3 Å². The van der Waals surface area contributed by atoms with Crippen molar-refractivity contribution in [3.63, 3.8) is 0 Å². The van der Waals surface area contributed by atoms with Crippen molar-refractivity contribution < 1.29 is 9.47 Å². The second kappa shape index (κ2) is 7.00. The molecule has 0 amide bonds. The van der Waals surface area contributed by atoms with Gasteiger partial charge in [-0.05, 0) is 47.4 Å². The van der Waals surface area contributed by atoms with Crippen molar-refractivity contribution in [2.45, 2.75) is 19.5 Å². The number of hydrogen-bond acceptors (Lipinski definition) is 3. The summed E-state index contributed by atoms with van der Waals surface area (Å²) in [4.78, 5) is 2.40. The van der Waals surface area contributed by atoms with E-state index in [0.29, 0.717) is 10.0 Å². The van der Waals surface area contributed by atoms with Crippen LogP contribution in [0.3, 0.4) is 0 Å². The maximum atomic E-state index is 6.10. The highest BCUT2D eigenvalue weighted by atomic mass is 35.5. The molecular weight excluding hydrogens is 333 g/mol. The molecule has 5 heteroatoms. The van der Waals surface area contributed by atoms with E-state index in [-0.39, 0.29) is 0 Å². The third kappa shape index (κ3) is 3.57. The SMILES string of the molecule is COc1cc2c(cc1OC)CN(Cc1ccc(Cl)c(Cl)c1)CC2. The van der Waals surface area contributed by atoms with Crippen molar-refractivity contribution in [3.8, 4) is 11.5 Å². The molecule has 0 fully saturated rings. The Morgan fingerprint density at radius 1 is 0.957 bits per heavy atom. The summed E-state index contributed by atoms with van der Waals surface area (Å²) in [6.45, 7) is 2.74. The molecule has 0 N–H and O–H groups in total. The van der Waals surface area contributed by atoms with E-state index in [1.54, 1.807) is 14.2 Å². The monoisotopic (exact) mass is 351 g/mol. The fourth-order valence-corrected chi connectivity index (χ4v) is 3.29. The van der Waals surface area contributed by atoms with Gasteiger partial charge in [0, 0.05) is 19.6 Å². The van der Waals surface area contributed by atoms with E-state index < -0.39 is 0 Å². The Balaban J connectivity index is 1.78. The number of fused-ring (bicyclic) bond motifs is 1. The number of nitrogens with zero attached hydrogens (tertiary/aromatic N) is 1. The van der Waals surface area contributed by atoms with E-state index in [1.165, 1.54) is 16.7 Å². The van der Waals surface area contributed by atoms with Gasteiger partial charge in [-0.3, -0.25) is 4.90 Å². The van der Waals surface area contributed by atoms with E-state index in [1.807, 2.05) is 18.2 Å². The van der Waals surface area contributed by atoms with Crippen molar-refractivity contribution in [1.29, 1.82) is 0 Å². The highest BCUT2D eigenvalue weighted by Gasteiger charge is 2.19. The van der Waals surface area contributed by atoms with E-state index in [0.717, 1.165) is 37.6 Å². The first-order valence-corrected chi connectivity index (χ1v) is 8.26. The quantitative estimate of drug-likeness (QED) is 0.805. The molecule has 3 rings (SSSR count). The molecule has 3 nitrogen and oxygen atoms in total. The minimum Gasteiger partial charge on any atom is -0.493 e. The lowest BCUT2D eigenvalue weighted by molar-refractivity contribution is 0.244. The lowest BCUT2D eigenvalue weighted by atomic mass is 9.98. The molecule has 0 aromatic heterocycles. The number of hydrogen-bond donors (Lipinski definition) is 0. The van der Waals surface area contributed by atoms with Gasteiger partial charge < -0.3 is 9.47 Å². The van der Waals surface area contributed by atoms with Crippen LogP contribution in [-0.2, 0) is 19.5 Å². The minimum atomic E-state index is 0.594. The number of benzene rings is 2. The molecule has 23 heavy (non-hydrogen) atoms. The number of methoxy groups -OCH3 is 2. The van der Waals surface area contributed by atoms with Gasteiger partial charge in [-0.2, -0.15) is 0 Å². The molecule has 0 saturated heterocycles. The van der Waals surface area contributed by atoms with E-state index in [9.17, 15) is 0 Å². The van der Waals surface area contributed by atoms with Gasteiger partial charge in [0.25, 0.3) is 0 Å². The summed E-state index contributed by atoms with van der Waals surface area (Å²) >= 11 is 12.1. The minimum absolute atomic E-state index is 0.594. The second-order valence-electron chi connectivity index (χ2n) is 5.69. The first-order chi connectivity index (χ1) is 11.1. The predicted octanol–water partition coefficient (Wildman–Crippen LogP) is 4.57. The first-order valence-electron chi connectivity index (χ1n) is 7.50. The Morgan fingerprint density at radius 3 is 2.30 bits per heavy atom. The van der Waals surface area contributed by atoms with Gasteiger partial charge in [0.1, 0.15) is 0 Å². The average Bonchev–Trinajstić information content (AvgIpc) is 2.56. The highest BCUT2D eigenvalue weighted by Crippen LogP contribution is 2.33. The first kappa shape index (κ1) is 16.4. The molecule has 0 bridgehead atoms. The Morgan fingerprint density at radius 2 is 1.65 bits per heavy atom. The fraction of sp³-hybridized carbons (Fsp3) is 0.333. The smallest absolute Gasteiger partial charge is 0.161 e. The van der Waals surface area contributed by atoms with Crippen molar-refractivity contribution in [1.82, 2.24) is 4.90 Å². The summed E-state index contributed by atoms with van der Waals surface area (Å²) in [5.41, 5.74) is 3.78. The van der Waals surface area contributed by atoms with Crippen LogP contribution in [0.4, 0.5) is 0 Å². The van der Waals surface area contributed by atoms with Crippen molar-refractivity contribution >= 4 is 23.2 Å². The predicted molar refractivity (Wildman–Crippen MR) is 93.8 cm³/mol.